The highest BCUT2D eigenvalue weighted by Gasteiger charge is 2.16. The highest BCUT2D eigenvalue weighted by Crippen LogP contribution is 2.22. The van der Waals surface area contributed by atoms with Crippen LogP contribution in [0.1, 0.15) is 16.8 Å². The SMILES string of the molecule is CNC(=O)CCN(C)C(=O)c1c[nH]c2ccc(N)cc12. The molecule has 0 saturated carbocycles. The zero-order valence-corrected chi connectivity index (χ0v) is 11.6. The molecule has 1 heterocycles. The lowest BCUT2D eigenvalue weighted by Crippen LogP contribution is -2.31. The van der Waals surface area contributed by atoms with E-state index in [1.165, 1.54) is 4.90 Å². The van der Waals surface area contributed by atoms with Crippen molar-refractivity contribution in [2.45, 2.75) is 6.42 Å². The molecule has 20 heavy (non-hydrogen) atoms. The molecule has 0 fully saturated rings. The van der Waals surface area contributed by atoms with E-state index >= 15 is 0 Å². The number of hydrogen-bond acceptors (Lipinski definition) is 3. The van der Waals surface area contributed by atoms with Gasteiger partial charge in [-0.3, -0.25) is 9.59 Å². The Morgan fingerprint density at radius 1 is 1.40 bits per heavy atom. The van der Waals surface area contributed by atoms with Gasteiger partial charge in [-0.2, -0.15) is 0 Å². The highest BCUT2D eigenvalue weighted by molar-refractivity contribution is 6.07. The second kappa shape index (κ2) is 5.64. The van der Waals surface area contributed by atoms with Gasteiger partial charge in [0.1, 0.15) is 0 Å². The molecular weight excluding hydrogens is 256 g/mol. The first kappa shape index (κ1) is 13.9. The number of carbonyl (C=O) groups excluding carboxylic acids is 2. The van der Waals surface area contributed by atoms with Crippen LogP contribution in [0.25, 0.3) is 10.9 Å². The summed E-state index contributed by atoms with van der Waals surface area (Å²) >= 11 is 0. The standard InChI is InChI=1S/C14H18N4O2/c1-16-13(19)5-6-18(2)14(20)11-8-17-12-4-3-9(15)7-10(11)12/h3-4,7-8,17H,5-6,15H2,1-2H3,(H,16,19). The first-order valence-electron chi connectivity index (χ1n) is 6.35. The molecule has 4 N–H and O–H groups in total. The number of nitrogens with two attached hydrogens (primary N) is 1. The highest BCUT2D eigenvalue weighted by atomic mass is 16.2. The van der Waals surface area contributed by atoms with Crippen LogP contribution in [0.2, 0.25) is 0 Å². The third-order valence-corrected chi connectivity index (χ3v) is 3.24. The zero-order chi connectivity index (χ0) is 14.7. The number of amides is 2. The van der Waals surface area contributed by atoms with Crippen LogP contribution in [0.3, 0.4) is 0 Å². The van der Waals surface area contributed by atoms with Gasteiger partial charge in [-0.25, -0.2) is 0 Å². The predicted octanol–water partition coefficient (Wildman–Crippen LogP) is 0.958. The summed E-state index contributed by atoms with van der Waals surface area (Å²) in [6.45, 7) is 0.369. The third kappa shape index (κ3) is 2.74. The zero-order valence-electron chi connectivity index (χ0n) is 11.6. The number of benzene rings is 1. The number of hydrogen-bond donors (Lipinski definition) is 3. The molecule has 0 saturated heterocycles. The van der Waals surface area contributed by atoms with Gasteiger partial charge in [0.15, 0.2) is 0 Å². The lowest BCUT2D eigenvalue weighted by Gasteiger charge is -2.16. The number of rotatable bonds is 4. The Morgan fingerprint density at radius 2 is 2.15 bits per heavy atom. The number of nitrogen functional groups attached to an aromatic ring is 1. The molecule has 106 valence electrons. The molecule has 1 aromatic carbocycles. The van der Waals surface area contributed by atoms with Gasteiger partial charge >= 0.3 is 0 Å². The first-order chi connectivity index (χ1) is 9.52. The van der Waals surface area contributed by atoms with E-state index in [1.807, 2.05) is 6.07 Å². The topological polar surface area (TPSA) is 91.2 Å². The number of carbonyl (C=O) groups is 2. The van der Waals surface area contributed by atoms with Crippen molar-refractivity contribution >= 4 is 28.4 Å². The average molecular weight is 274 g/mol. The largest absolute Gasteiger partial charge is 0.399 e. The molecule has 0 bridgehead atoms. The van der Waals surface area contributed by atoms with Crippen molar-refractivity contribution in [3.63, 3.8) is 0 Å². The summed E-state index contributed by atoms with van der Waals surface area (Å²) in [7, 11) is 3.25. The molecule has 6 nitrogen and oxygen atoms in total. The monoisotopic (exact) mass is 274 g/mol. The van der Waals surface area contributed by atoms with E-state index in [1.54, 1.807) is 32.4 Å². The minimum absolute atomic E-state index is 0.0900. The molecule has 2 amide bonds. The van der Waals surface area contributed by atoms with Crippen molar-refractivity contribution in [2.24, 2.45) is 0 Å². The Kier molecular flexibility index (Phi) is 3.93. The quantitative estimate of drug-likeness (QED) is 0.725. The molecule has 0 aliphatic heterocycles. The number of fused-ring (bicyclic) bond motifs is 1. The van der Waals surface area contributed by atoms with Crippen LogP contribution in [-0.2, 0) is 4.79 Å². The van der Waals surface area contributed by atoms with Crippen molar-refractivity contribution < 1.29 is 9.59 Å². The molecule has 1 aromatic heterocycles. The lowest BCUT2D eigenvalue weighted by atomic mass is 10.1. The number of anilines is 1. The Hall–Kier alpha value is -2.50. The van der Waals surface area contributed by atoms with Gasteiger partial charge in [0.25, 0.3) is 5.91 Å². The fraction of sp³-hybridized carbons (Fsp3) is 0.286. The summed E-state index contributed by atoms with van der Waals surface area (Å²) in [5.41, 5.74) is 7.79. The van der Waals surface area contributed by atoms with Crippen LogP contribution in [-0.4, -0.2) is 42.3 Å². The Balaban J connectivity index is 2.18. The molecule has 2 aromatic rings. The van der Waals surface area contributed by atoms with Crippen molar-refractivity contribution in [3.05, 3.63) is 30.0 Å². The van der Waals surface area contributed by atoms with Gasteiger partial charge in [0, 0.05) is 49.8 Å². The molecule has 2 rings (SSSR count). The van der Waals surface area contributed by atoms with Gasteiger partial charge in [-0.15, -0.1) is 0 Å². The van der Waals surface area contributed by atoms with Crippen molar-refractivity contribution in [2.75, 3.05) is 26.4 Å². The van der Waals surface area contributed by atoms with Crippen LogP contribution < -0.4 is 11.1 Å². The average Bonchev–Trinajstić information content (AvgIpc) is 2.86. The van der Waals surface area contributed by atoms with Crippen molar-refractivity contribution in [3.8, 4) is 0 Å². The van der Waals surface area contributed by atoms with E-state index < -0.39 is 0 Å². The maximum Gasteiger partial charge on any atom is 0.255 e. The second-order valence-electron chi connectivity index (χ2n) is 4.66. The van der Waals surface area contributed by atoms with Crippen LogP contribution >= 0.6 is 0 Å². The van der Waals surface area contributed by atoms with Crippen molar-refractivity contribution in [1.82, 2.24) is 15.2 Å². The van der Waals surface area contributed by atoms with Gasteiger partial charge in [-0.05, 0) is 18.2 Å². The Bertz CT molecular complexity index is 648. The number of H-pyrrole nitrogens is 1. The molecule has 6 heteroatoms. The maximum atomic E-state index is 12.4. The van der Waals surface area contributed by atoms with Gasteiger partial charge in [0.2, 0.25) is 5.91 Å². The van der Waals surface area contributed by atoms with E-state index in [0.29, 0.717) is 17.8 Å². The van der Waals surface area contributed by atoms with E-state index in [-0.39, 0.29) is 18.2 Å². The fourth-order valence-electron chi connectivity index (χ4n) is 2.02. The van der Waals surface area contributed by atoms with E-state index in [4.69, 9.17) is 5.73 Å². The number of nitrogens with zero attached hydrogens (tertiary/aromatic N) is 1. The fourth-order valence-corrected chi connectivity index (χ4v) is 2.02. The summed E-state index contributed by atoms with van der Waals surface area (Å²) in [5, 5.41) is 3.32. The molecule has 0 radical (unpaired) electrons. The Morgan fingerprint density at radius 3 is 2.85 bits per heavy atom. The third-order valence-electron chi connectivity index (χ3n) is 3.24. The summed E-state index contributed by atoms with van der Waals surface area (Å²) in [5.74, 6) is -0.224. The smallest absolute Gasteiger partial charge is 0.255 e. The van der Waals surface area contributed by atoms with Crippen molar-refractivity contribution in [1.29, 1.82) is 0 Å². The summed E-state index contributed by atoms with van der Waals surface area (Å²) in [6.07, 6.45) is 1.95. The maximum absolute atomic E-state index is 12.4. The van der Waals surface area contributed by atoms with Gasteiger partial charge < -0.3 is 20.9 Å². The van der Waals surface area contributed by atoms with Crippen LogP contribution in [0.5, 0.6) is 0 Å². The van der Waals surface area contributed by atoms with E-state index in [2.05, 4.69) is 10.3 Å². The first-order valence-corrected chi connectivity index (χ1v) is 6.35. The van der Waals surface area contributed by atoms with E-state index in [9.17, 15) is 9.59 Å². The normalized spacial score (nSPS) is 10.5. The van der Waals surface area contributed by atoms with Crippen LogP contribution in [0.15, 0.2) is 24.4 Å². The number of nitrogens with one attached hydrogen (secondary N) is 2. The number of aromatic amines is 1. The number of aromatic nitrogens is 1. The van der Waals surface area contributed by atoms with E-state index in [0.717, 1.165) is 10.9 Å². The minimum atomic E-state index is -0.134. The molecular formula is C14H18N4O2. The second-order valence-corrected chi connectivity index (χ2v) is 4.66. The van der Waals surface area contributed by atoms with Crippen LogP contribution in [0, 0.1) is 0 Å². The Labute approximate surface area is 116 Å². The minimum Gasteiger partial charge on any atom is -0.399 e. The molecule has 0 aliphatic rings. The molecule has 0 spiro atoms. The summed E-state index contributed by atoms with van der Waals surface area (Å²) in [6, 6.07) is 5.39. The molecule has 0 unspecified atom stereocenters. The summed E-state index contributed by atoms with van der Waals surface area (Å²) < 4.78 is 0. The molecule has 0 atom stereocenters. The lowest BCUT2D eigenvalue weighted by molar-refractivity contribution is -0.120. The van der Waals surface area contributed by atoms with Gasteiger partial charge in [0.05, 0.1) is 5.56 Å². The summed E-state index contributed by atoms with van der Waals surface area (Å²) in [4.78, 5) is 28.1. The predicted molar refractivity (Wildman–Crippen MR) is 78.4 cm³/mol. The van der Waals surface area contributed by atoms with Gasteiger partial charge in [-0.1, -0.05) is 0 Å². The van der Waals surface area contributed by atoms with Crippen LogP contribution in [0.4, 0.5) is 5.69 Å². The molecule has 0 aliphatic carbocycles.